The Kier molecular flexibility index (Phi) is 8.38. The molecule has 33 heavy (non-hydrogen) atoms. The molecular formula is C25H30N2O5S. The van der Waals surface area contributed by atoms with Gasteiger partial charge in [-0.3, -0.25) is 9.59 Å². The van der Waals surface area contributed by atoms with Crippen LogP contribution in [0.25, 0.3) is 11.1 Å². The summed E-state index contributed by atoms with van der Waals surface area (Å²) < 4.78 is 5.58. The van der Waals surface area contributed by atoms with Crippen molar-refractivity contribution in [3.8, 4) is 11.1 Å². The lowest BCUT2D eigenvalue weighted by molar-refractivity contribution is -0.143. The lowest BCUT2D eigenvalue weighted by atomic mass is 9.98. The van der Waals surface area contributed by atoms with Crippen LogP contribution in [0.3, 0.4) is 0 Å². The second-order valence-electron chi connectivity index (χ2n) is 8.26. The van der Waals surface area contributed by atoms with Crippen molar-refractivity contribution >= 4 is 29.7 Å². The van der Waals surface area contributed by atoms with Gasteiger partial charge in [-0.05, 0) is 40.7 Å². The lowest BCUT2D eigenvalue weighted by Gasteiger charge is -2.26. The van der Waals surface area contributed by atoms with E-state index in [0.29, 0.717) is 12.2 Å². The minimum absolute atomic E-state index is 0.0658. The highest BCUT2D eigenvalue weighted by Crippen LogP contribution is 2.44. The Morgan fingerprint density at radius 2 is 1.67 bits per heavy atom. The van der Waals surface area contributed by atoms with Crippen molar-refractivity contribution in [2.75, 3.05) is 32.2 Å². The molecular weight excluding hydrogens is 440 g/mol. The quantitative estimate of drug-likeness (QED) is 0.548. The minimum Gasteiger partial charge on any atom is -0.481 e. The van der Waals surface area contributed by atoms with Crippen molar-refractivity contribution in [1.29, 1.82) is 0 Å². The maximum absolute atomic E-state index is 12.9. The number of ether oxygens (including phenoxy) is 1. The first-order chi connectivity index (χ1) is 15.8. The first-order valence-electron chi connectivity index (χ1n) is 10.9. The molecule has 176 valence electrons. The fourth-order valence-corrected chi connectivity index (χ4v) is 4.59. The highest BCUT2D eigenvalue weighted by Gasteiger charge is 2.30. The molecule has 8 heteroatoms. The number of nitrogens with zero attached hydrogens (tertiary/aromatic N) is 1. The highest BCUT2D eigenvalue weighted by atomic mass is 32.2. The third-order valence-corrected chi connectivity index (χ3v) is 6.53. The Morgan fingerprint density at radius 3 is 2.21 bits per heavy atom. The first-order valence-corrected chi connectivity index (χ1v) is 12.3. The number of thioether (sulfide) groups is 1. The average Bonchev–Trinajstić information content (AvgIpc) is 3.13. The van der Waals surface area contributed by atoms with E-state index in [-0.39, 0.29) is 25.0 Å². The number of aliphatic carboxylic acids is 1. The van der Waals surface area contributed by atoms with E-state index in [2.05, 4.69) is 17.4 Å². The summed E-state index contributed by atoms with van der Waals surface area (Å²) in [5, 5.41) is 11.8. The third kappa shape index (κ3) is 5.87. The van der Waals surface area contributed by atoms with Crippen LogP contribution in [0.1, 0.15) is 30.4 Å². The molecule has 0 saturated heterocycles. The predicted octanol–water partition coefficient (Wildman–Crippen LogP) is 3.83. The molecule has 1 aliphatic rings. The topological polar surface area (TPSA) is 95.9 Å². The zero-order chi connectivity index (χ0) is 24.0. The van der Waals surface area contributed by atoms with Gasteiger partial charge < -0.3 is 20.1 Å². The molecule has 0 radical (unpaired) electrons. The van der Waals surface area contributed by atoms with Gasteiger partial charge in [-0.2, -0.15) is 11.8 Å². The van der Waals surface area contributed by atoms with Gasteiger partial charge in [-0.1, -0.05) is 55.5 Å². The van der Waals surface area contributed by atoms with Crippen molar-refractivity contribution in [3.05, 3.63) is 59.7 Å². The van der Waals surface area contributed by atoms with Gasteiger partial charge in [0.25, 0.3) is 0 Å². The number of carboxylic acids is 1. The molecule has 0 heterocycles. The average molecular weight is 471 g/mol. The van der Waals surface area contributed by atoms with E-state index in [4.69, 9.17) is 9.84 Å². The van der Waals surface area contributed by atoms with Crippen LogP contribution >= 0.6 is 11.8 Å². The number of amides is 2. The Morgan fingerprint density at radius 1 is 1.09 bits per heavy atom. The van der Waals surface area contributed by atoms with Crippen LogP contribution in [0.2, 0.25) is 0 Å². The predicted molar refractivity (Wildman–Crippen MR) is 129 cm³/mol. The van der Waals surface area contributed by atoms with Gasteiger partial charge in [0, 0.05) is 19.5 Å². The number of carboxylic acid groups (broad SMARTS) is 1. The molecule has 2 unspecified atom stereocenters. The van der Waals surface area contributed by atoms with Crippen LogP contribution in [-0.2, 0) is 14.3 Å². The Bertz CT molecular complexity index is 966. The number of hydrogen-bond acceptors (Lipinski definition) is 5. The molecule has 7 nitrogen and oxygen atoms in total. The molecule has 2 N–H and O–H groups in total. The van der Waals surface area contributed by atoms with Crippen LogP contribution in [0.15, 0.2) is 48.5 Å². The summed E-state index contributed by atoms with van der Waals surface area (Å²) in [6.45, 7) is 1.77. The standard InChI is InChI=1S/C25H30N2O5S/c1-16(24(29)30)14-27(2)23(28)22(12-13-33-3)26-25(31)32-15-21-19-10-6-4-8-17(19)18-9-5-7-11-20(18)21/h4-11,16,21-22H,12-15H2,1-3H3,(H,26,31)(H,29,30). The SMILES string of the molecule is CSCCC(NC(=O)OCC1c2ccccc2-c2ccccc21)C(=O)N(C)CC(C)C(=O)O. The van der Waals surface area contributed by atoms with Gasteiger partial charge in [-0.25, -0.2) is 4.79 Å². The molecule has 0 saturated carbocycles. The van der Waals surface area contributed by atoms with E-state index < -0.39 is 24.0 Å². The van der Waals surface area contributed by atoms with Gasteiger partial charge in [-0.15, -0.1) is 0 Å². The van der Waals surface area contributed by atoms with Crippen molar-refractivity contribution in [2.45, 2.75) is 25.3 Å². The van der Waals surface area contributed by atoms with Gasteiger partial charge >= 0.3 is 12.1 Å². The summed E-state index contributed by atoms with van der Waals surface area (Å²) in [4.78, 5) is 38.0. The Hall–Kier alpha value is -3.00. The summed E-state index contributed by atoms with van der Waals surface area (Å²) in [6.07, 6.45) is 1.69. The molecule has 2 aromatic rings. The van der Waals surface area contributed by atoms with Crippen LogP contribution in [-0.4, -0.2) is 66.2 Å². The Balaban J connectivity index is 1.65. The van der Waals surface area contributed by atoms with Gasteiger partial charge in [0.1, 0.15) is 12.6 Å². The van der Waals surface area contributed by atoms with Crippen molar-refractivity contribution < 1.29 is 24.2 Å². The van der Waals surface area contributed by atoms with Crippen LogP contribution in [0.4, 0.5) is 4.79 Å². The summed E-state index contributed by atoms with van der Waals surface area (Å²) in [7, 11) is 1.55. The van der Waals surface area contributed by atoms with Crippen LogP contribution < -0.4 is 5.32 Å². The van der Waals surface area contributed by atoms with E-state index >= 15 is 0 Å². The zero-order valence-electron chi connectivity index (χ0n) is 19.1. The number of nitrogens with one attached hydrogen (secondary N) is 1. The number of carbonyl (C=O) groups excluding carboxylic acids is 2. The minimum atomic E-state index is -0.972. The van der Waals surface area contributed by atoms with Crippen molar-refractivity contribution in [1.82, 2.24) is 10.2 Å². The van der Waals surface area contributed by atoms with Gasteiger partial charge in [0.05, 0.1) is 5.92 Å². The molecule has 0 fully saturated rings. The molecule has 0 aliphatic heterocycles. The number of carbonyl (C=O) groups is 3. The number of benzene rings is 2. The molecule has 0 aromatic heterocycles. The van der Waals surface area contributed by atoms with Gasteiger partial charge in [0.2, 0.25) is 5.91 Å². The lowest BCUT2D eigenvalue weighted by Crippen LogP contribution is -2.49. The normalized spacial score (nSPS) is 14.0. The second kappa shape index (κ2) is 11.2. The van der Waals surface area contributed by atoms with E-state index in [1.807, 2.05) is 42.7 Å². The van der Waals surface area contributed by atoms with Crippen molar-refractivity contribution in [3.63, 3.8) is 0 Å². The maximum atomic E-state index is 12.9. The largest absolute Gasteiger partial charge is 0.481 e. The molecule has 0 bridgehead atoms. The monoisotopic (exact) mass is 470 g/mol. The number of alkyl carbamates (subject to hydrolysis) is 1. The van der Waals surface area contributed by atoms with E-state index in [9.17, 15) is 14.4 Å². The van der Waals surface area contributed by atoms with E-state index in [1.165, 1.54) is 4.90 Å². The fourth-order valence-electron chi connectivity index (χ4n) is 4.12. The van der Waals surface area contributed by atoms with E-state index in [1.54, 1.807) is 25.7 Å². The summed E-state index contributed by atoms with van der Waals surface area (Å²) in [5.74, 6) is -1.40. The maximum Gasteiger partial charge on any atom is 0.407 e. The molecule has 2 atom stereocenters. The van der Waals surface area contributed by atoms with Crippen LogP contribution in [0.5, 0.6) is 0 Å². The van der Waals surface area contributed by atoms with Crippen LogP contribution in [0, 0.1) is 5.92 Å². The number of rotatable bonds is 10. The Labute approximate surface area is 198 Å². The number of likely N-dealkylation sites (N-methyl/N-ethyl adjacent to an activating group) is 1. The second-order valence-corrected chi connectivity index (χ2v) is 9.25. The molecule has 2 aromatic carbocycles. The fraction of sp³-hybridized carbons (Fsp3) is 0.400. The summed E-state index contributed by atoms with van der Waals surface area (Å²) >= 11 is 1.57. The van der Waals surface area contributed by atoms with Crippen molar-refractivity contribution in [2.24, 2.45) is 5.92 Å². The first kappa shape index (κ1) is 24.6. The summed E-state index contributed by atoms with van der Waals surface area (Å²) in [5.41, 5.74) is 4.52. The summed E-state index contributed by atoms with van der Waals surface area (Å²) in [6, 6.07) is 15.4. The smallest absolute Gasteiger partial charge is 0.407 e. The third-order valence-electron chi connectivity index (χ3n) is 5.89. The number of hydrogen-bond donors (Lipinski definition) is 2. The van der Waals surface area contributed by atoms with E-state index in [0.717, 1.165) is 22.3 Å². The highest BCUT2D eigenvalue weighted by molar-refractivity contribution is 7.98. The van der Waals surface area contributed by atoms with Gasteiger partial charge in [0.15, 0.2) is 0 Å². The zero-order valence-corrected chi connectivity index (χ0v) is 19.9. The molecule has 1 aliphatic carbocycles. The molecule has 0 spiro atoms. The molecule has 2 amide bonds. The number of fused-ring (bicyclic) bond motifs is 3. The molecule has 3 rings (SSSR count).